The van der Waals surface area contributed by atoms with Crippen LogP contribution in [0.3, 0.4) is 0 Å². The number of aryl methyl sites for hydroxylation is 1. The average molecular weight is 234 g/mol. The number of anilines is 2. The van der Waals surface area contributed by atoms with Crippen molar-refractivity contribution in [1.82, 2.24) is 9.97 Å². The van der Waals surface area contributed by atoms with Crippen molar-refractivity contribution in [2.75, 3.05) is 17.2 Å². The fourth-order valence-electron chi connectivity index (χ4n) is 1.63. The van der Waals surface area contributed by atoms with Crippen molar-refractivity contribution in [3.8, 4) is 0 Å². The molecule has 0 unspecified atom stereocenters. The molecule has 17 heavy (non-hydrogen) atoms. The van der Waals surface area contributed by atoms with E-state index in [1.54, 1.807) is 0 Å². The summed E-state index contributed by atoms with van der Waals surface area (Å²) in [6.07, 6.45) is 3.67. The predicted octanol–water partition coefficient (Wildman–Crippen LogP) is 2.82. The monoisotopic (exact) mass is 234 g/mol. The second-order valence-electron chi connectivity index (χ2n) is 5.25. The zero-order chi connectivity index (χ0) is 12.3. The highest BCUT2D eigenvalue weighted by atomic mass is 15.2. The van der Waals surface area contributed by atoms with Crippen molar-refractivity contribution in [3.63, 3.8) is 0 Å². The van der Waals surface area contributed by atoms with Crippen molar-refractivity contribution < 1.29 is 0 Å². The molecule has 0 saturated heterocycles. The molecule has 0 aliphatic heterocycles. The van der Waals surface area contributed by atoms with Crippen LogP contribution in [0.15, 0.2) is 6.07 Å². The van der Waals surface area contributed by atoms with E-state index in [0.717, 1.165) is 30.4 Å². The summed E-state index contributed by atoms with van der Waals surface area (Å²) < 4.78 is 0. The third-order valence-electron chi connectivity index (χ3n) is 2.79. The van der Waals surface area contributed by atoms with Crippen LogP contribution in [0.1, 0.15) is 38.8 Å². The van der Waals surface area contributed by atoms with Gasteiger partial charge in [0, 0.05) is 24.3 Å². The summed E-state index contributed by atoms with van der Waals surface area (Å²) in [6.45, 7) is 7.38. The van der Waals surface area contributed by atoms with Gasteiger partial charge < -0.3 is 10.6 Å². The Morgan fingerprint density at radius 1 is 1.35 bits per heavy atom. The highest BCUT2D eigenvalue weighted by Gasteiger charge is 2.21. The van der Waals surface area contributed by atoms with Crippen LogP contribution in [0.4, 0.5) is 11.8 Å². The maximum absolute atomic E-state index is 4.48. The Bertz CT molecular complexity index is 372. The molecular formula is C13H22N4. The molecule has 1 aromatic rings. The van der Waals surface area contributed by atoms with Crippen LogP contribution in [0.2, 0.25) is 0 Å². The van der Waals surface area contributed by atoms with E-state index in [2.05, 4.69) is 34.4 Å². The van der Waals surface area contributed by atoms with E-state index < -0.39 is 0 Å². The van der Waals surface area contributed by atoms with Crippen molar-refractivity contribution in [2.45, 2.75) is 46.1 Å². The Labute approximate surface area is 103 Å². The molecule has 0 aromatic carbocycles. The van der Waals surface area contributed by atoms with Crippen LogP contribution in [0.5, 0.6) is 0 Å². The fourth-order valence-corrected chi connectivity index (χ4v) is 1.63. The summed E-state index contributed by atoms with van der Waals surface area (Å²) in [5.41, 5.74) is 1.01. The molecule has 2 rings (SSSR count). The van der Waals surface area contributed by atoms with Gasteiger partial charge in [0.1, 0.15) is 5.82 Å². The molecule has 1 fully saturated rings. The first-order chi connectivity index (χ1) is 8.13. The van der Waals surface area contributed by atoms with Gasteiger partial charge in [-0.05, 0) is 32.1 Å². The first-order valence-corrected chi connectivity index (χ1v) is 6.49. The molecule has 0 atom stereocenters. The van der Waals surface area contributed by atoms with Gasteiger partial charge in [0.2, 0.25) is 5.95 Å². The SMILES string of the molecule is Cc1cc(NC2CC2)nc(NCCC(C)C)n1. The molecule has 4 nitrogen and oxygen atoms in total. The number of hydrogen-bond acceptors (Lipinski definition) is 4. The lowest BCUT2D eigenvalue weighted by Crippen LogP contribution is -2.11. The van der Waals surface area contributed by atoms with Gasteiger partial charge in [-0.2, -0.15) is 4.98 Å². The zero-order valence-corrected chi connectivity index (χ0v) is 11.0. The maximum Gasteiger partial charge on any atom is 0.224 e. The topological polar surface area (TPSA) is 49.8 Å². The number of hydrogen-bond donors (Lipinski definition) is 2. The number of aromatic nitrogens is 2. The van der Waals surface area contributed by atoms with Crippen LogP contribution in [-0.2, 0) is 0 Å². The molecule has 0 radical (unpaired) electrons. The van der Waals surface area contributed by atoms with Gasteiger partial charge in [-0.15, -0.1) is 0 Å². The van der Waals surface area contributed by atoms with E-state index in [9.17, 15) is 0 Å². The Morgan fingerprint density at radius 3 is 2.76 bits per heavy atom. The molecule has 1 aliphatic carbocycles. The van der Waals surface area contributed by atoms with Crippen LogP contribution in [0.25, 0.3) is 0 Å². The van der Waals surface area contributed by atoms with Crippen molar-refractivity contribution in [3.05, 3.63) is 11.8 Å². The minimum atomic E-state index is 0.632. The molecule has 2 N–H and O–H groups in total. The number of rotatable bonds is 6. The second-order valence-corrected chi connectivity index (χ2v) is 5.25. The fraction of sp³-hybridized carbons (Fsp3) is 0.692. The Hall–Kier alpha value is -1.32. The highest BCUT2D eigenvalue weighted by molar-refractivity contribution is 5.43. The van der Waals surface area contributed by atoms with E-state index in [4.69, 9.17) is 0 Å². The van der Waals surface area contributed by atoms with Crippen molar-refractivity contribution >= 4 is 11.8 Å². The zero-order valence-electron chi connectivity index (χ0n) is 11.0. The van der Waals surface area contributed by atoms with E-state index >= 15 is 0 Å². The van der Waals surface area contributed by atoms with E-state index in [-0.39, 0.29) is 0 Å². The highest BCUT2D eigenvalue weighted by Crippen LogP contribution is 2.24. The van der Waals surface area contributed by atoms with Gasteiger partial charge >= 0.3 is 0 Å². The summed E-state index contributed by atoms with van der Waals surface area (Å²) >= 11 is 0. The minimum Gasteiger partial charge on any atom is -0.367 e. The lowest BCUT2D eigenvalue weighted by atomic mass is 10.1. The third-order valence-corrected chi connectivity index (χ3v) is 2.79. The maximum atomic E-state index is 4.48. The van der Waals surface area contributed by atoms with Crippen molar-refractivity contribution in [1.29, 1.82) is 0 Å². The molecule has 1 aromatic heterocycles. The molecule has 0 bridgehead atoms. The summed E-state index contributed by atoms with van der Waals surface area (Å²) in [5, 5.41) is 6.69. The molecule has 4 heteroatoms. The van der Waals surface area contributed by atoms with E-state index in [0.29, 0.717) is 12.0 Å². The first kappa shape index (κ1) is 12.1. The second kappa shape index (κ2) is 5.34. The lowest BCUT2D eigenvalue weighted by molar-refractivity contribution is 0.606. The third kappa shape index (κ3) is 4.21. The van der Waals surface area contributed by atoms with Gasteiger partial charge in [-0.1, -0.05) is 13.8 Å². The lowest BCUT2D eigenvalue weighted by Gasteiger charge is -2.10. The molecule has 94 valence electrons. The van der Waals surface area contributed by atoms with Gasteiger partial charge in [-0.3, -0.25) is 0 Å². The molecule has 0 spiro atoms. The van der Waals surface area contributed by atoms with Crippen molar-refractivity contribution in [2.24, 2.45) is 5.92 Å². The molecular weight excluding hydrogens is 212 g/mol. The normalized spacial score (nSPS) is 15.1. The van der Waals surface area contributed by atoms with E-state index in [1.807, 2.05) is 13.0 Å². The van der Waals surface area contributed by atoms with Crippen LogP contribution in [-0.4, -0.2) is 22.6 Å². The number of nitrogens with one attached hydrogen (secondary N) is 2. The Morgan fingerprint density at radius 2 is 2.12 bits per heavy atom. The average Bonchev–Trinajstić information content (AvgIpc) is 3.00. The predicted molar refractivity (Wildman–Crippen MR) is 71.4 cm³/mol. The van der Waals surface area contributed by atoms with Crippen LogP contribution >= 0.6 is 0 Å². The van der Waals surface area contributed by atoms with Gasteiger partial charge in [0.25, 0.3) is 0 Å². The van der Waals surface area contributed by atoms with Gasteiger partial charge in [0.15, 0.2) is 0 Å². The standard InChI is InChI=1S/C13H22N4/c1-9(2)6-7-14-13-15-10(3)8-12(17-13)16-11-4-5-11/h8-9,11H,4-7H2,1-3H3,(H2,14,15,16,17). The van der Waals surface area contributed by atoms with Crippen LogP contribution < -0.4 is 10.6 Å². The molecule has 1 aliphatic rings. The quantitative estimate of drug-likeness (QED) is 0.794. The Balaban J connectivity index is 1.92. The van der Waals surface area contributed by atoms with Gasteiger partial charge in [-0.25, -0.2) is 4.98 Å². The largest absolute Gasteiger partial charge is 0.367 e. The van der Waals surface area contributed by atoms with E-state index in [1.165, 1.54) is 12.8 Å². The smallest absolute Gasteiger partial charge is 0.224 e. The van der Waals surface area contributed by atoms with Gasteiger partial charge in [0.05, 0.1) is 0 Å². The summed E-state index contributed by atoms with van der Waals surface area (Å²) in [6, 6.07) is 2.64. The Kier molecular flexibility index (Phi) is 3.82. The summed E-state index contributed by atoms with van der Waals surface area (Å²) in [5.74, 6) is 2.40. The summed E-state index contributed by atoms with van der Waals surface area (Å²) in [7, 11) is 0. The molecule has 0 amide bonds. The molecule has 1 saturated carbocycles. The summed E-state index contributed by atoms with van der Waals surface area (Å²) in [4.78, 5) is 8.87. The first-order valence-electron chi connectivity index (χ1n) is 6.49. The molecule has 1 heterocycles. The van der Waals surface area contributed by atoms with Crippen LogP contribution in [0, 0.1) is 12.8 Å². The number of nitrogens with zero attached hydrogens (tertiary/aromatic N) is 2. The minimum absolute atomic E-state index is 0.632.